The van der Waals surface area contributed by atoms with Crippen LogP contribution in [0.4, 0.5) is 31.5 Å². The van der Waals surface area contributed by atoms with Gasteiger partial charge in [-0.3, -0.25) is 35.9 Å². The van der Waals surface area contributed by atoms with Gasteiger partial charge in [0.25, 0.3) is 40.5 Å². The number of ether oxygens (including phenoxy) is 12. The third-order valence-electron chi connectivity index (χ3n) is 18.7. The molecule has 4 heterocycles. The molecule has 0 spiro atoms. The molecule has 0 fully saturated rings. The first-order valence-electron chi connectivity index (χ1n) is 41.8. The summed E-state index contributed by atoms with van der Waals surface area (Å²) >= 11 is 2.21. The molecule has 12 aromatic rings. The summed E-state index contributed by atoms with van der Waals surface area (Å²) in [5.74, 6) is 4.10. The Morgan fingerprint density at radius 2 is 0.547 bits per heavy atom. The molecule has 0 aliphatic rings. The van der Waals surface area contributed by atoms with Gasteiger partial charge in [0.05, 0.1) is 79.6 Å². The first-order valence-corrected chi connectivity index (χ1v) is 50.1. The van der Waals surface area contributed by atoms with E-state index in [1.54, 1.807) is 152 Å². The highest BCUT2D eigenvalue weighted by atomic mass is 127. The van der Waals surface area contributed by atoms with Gasteiger partial charge in [-0.05, 0) is 217 Å². The number of rotatable bonds is 44. The first kappa shape index (κ1) is 109. The van der Waals surface area contributed by atoms with Crippen LogP contribution in [0.25, 0.3) is 0 Å². The summed E-state index contributed by atoms with van der Waals surface area (Å²) in [5.41, 5.74) is 4.11. The molecular weight excluding hydrogens is 2010 g/mol. The number of carbonyl (C=O) groups is 4. The predicted octanol–water partition coefficient (Wildman–Crippen LogP) is 16.0. The summed E-state index contributed by atoms with van der Waals surface area (Å²) in [4.78, 5) is 73.7. The van der Waals surface area contributed by atoms with E-state index in [1.165, 1.54) is 131 Å². The van der Waals surface area contributed by atoms with Gasteiger partial charge in [-0.2, -0.15) is 33.7 Å². The molecule has 0 radical (unpaired) electrons. The van der Waals surface area contributed by atoms with Gasteiger partial charge < -0.3 is 76.4 Å². The number of methoxy groups -OCH3 is 4. The van der Waals surface area contributed by atoms with E-state index in [9.17, 15) is 61.6 Å². The summed E-state index contributed by atoms with van der Waals surface area (Å²) in [7, 11) is -8.24. The standard InChI is InChI=1S/2C24H25FN2O7S.C24H25IN2O7S.C24H26N2O7S/c1-17(28)27(22-5-4-12-26-24(22)34-20-8-6-19(25)7-9-20)16-18-15-21(31-2)10-11-23(18)32-13-14-33-35(3,29)30;1-17(28)27(21-8-6-12-26-24(21)34-23-9-5-4-7-20(23)25)16-18-15-19(31-2)10-11-22(18)32-13-14-33-35(3,29)30;1-17(28)27(22-5-4-12-26-24(22)34-20-8-6-19(25)7-9-20)16-18-15-21(31-2)10-11-23(18)32-13-14-33-35(3,29)30;1-18(27)26(22-10-7-13-25-24(22)33-20-8-5-4-6-9-20)17-19-16-21(30-2)11-12-23(19)31-14-15-32-34(3,28)29/h3*4-12,15H,13-14,16H2,1-3H3;4-13,16H,14-15,17H2,1-3H3. The van der Waals surface area contributed by atoms with E-state index in [0.29, 0.717) is 108 Å². The van der Waals surface area contributed by atoms with Crippen LogP contribution in [0.2, 0.25) is 0 Å². The monoisotopic (exact) mass is 2110 g/mol. The summed E-state index contributed by atoms with van der Waals surface area (Å²) in [6.45, 7) is 5.34. The SMILES string of the molecule is COc1ccc(OCCOS(C)(=O)=O)c(CN(C(C)=O)c2cccnc2Oc2ccc(F)cc2)c1.COc1ccc(OCCOS(C)(=O)=O)c(CN(C(C)=O)c2cccnc2Oc2ccc(I)cc2)c1.COc1ccc(OCCOS(C)(=O)=O)c(CN(C(C)=O)c2cccnc2Oc2ccccc2)c1.COc1ccc(OCCOS(C)(=O)=O)c(CN(C(C)=O)c2cccnc2Oc2ccccc2F)c1. The molecule has 0 N–H and O–H groups in total. The lowest BCUT2D eigenvalue weighted by Crippen LogP contribution is -2.28. The fourth-order valence-electron chi connectivity index (χ4n) is 12.4. The number of halogens is 3. The van der Waals surface area contributed by atoms with Crippen LogP contribution in [0.3, 0.4) is 0 Å². The molecule has 738 valence electrons. The molecule has 12 rings (SSSR count). The molecule has 8 aromatic carbocycles. The minimum absolute atomic E-state index is 0.000526. The first-order chi connectivity index (χ1) is 66.3. The largest absolute Gasteiger partial charge is 0.497 e. The zero-order chi connectivity index (χ0) is 101. The van der Waals surface area contributed by atoms with Crippen LogP contribution in [0.15, 0.2) is 249 Å². The summed E-state index contributed by atoms with van der Waals surface area (Å²) in [6, 6.07) is 61.8. The highest BCUT2D eigenvalue weighted by Crippen LogP contribution is 2.40. The van der Waals surface area contributed by atoms with Gasteiger partial charge in [0.1, 0.15) is 145 Å². The van der Waals surface area contributed by atoms with Crippen LogP contribution < -0.4 is 76.4 Å². The van der Waals surface area contributed by atoms with Crippen LogP contribution >= 0.6 is 22.6 Å². The Morgan fingerprint density at radius 3 is 0.813 bits per heavy atom. The van der Waals surface area contributed by atoms with Crippen molar-refractivity contribution in [1.29, 1.82) is 0 Å². The van der Waals surface area contributed by atoms with Crippen molar-refractivity contribution in [1.82, 2.24) is 19.9 Å². The summed E-state index contributed by atoms with van der Waals surface area (Å²) in [6.07, 6.45) is 10.0. The predicted molar refractivity (Wildman–Crippen MR) is 520 cm³/mol. The van der Waals surface area contributed by atoms with Crippen molar-refractivity contribution in [3.63, 3.8) is 0 Å². The molecule has 0 atom stereocenters. The lowest BCUT2D eigenvalue weighted by Gasteiger charge is -2.24. The van der Waals surface area contributed by atoms with E-state index < -0.39 is 52.1 Å². The van der Waals surface area contributed by atoms with Gasteiger partial charge >= 0.3 is 0 Å². The van der Waals surface area contributed by atoms with Crippen LogP contribution in [0.5, 0.6) is 92.5 Å². The normalized spacial score (nSPS) is 11.1. The number of anilines is 4. The molecule has 139 heavy (non-hydrogen) atoms. The summed E-state index contributed by atoms with van der Waals surface area (Å²) in [5, 5.41) is 0. The molecule has 0 saturated heterocycles. The second kappa shape index (κ2) is 53.1. The maximum absolute atomic E-state index is 14.2. The van der Waals surface area contributed by atoms with Gasteiger partial charge in [0, 0.05) is 78.3 Å². The number of amides is 4. The average Bonchev–Trinajstić information content (AvgIpc) is 0.822. The third kappa shape index (κ3) is 36.5. The molecule has 36 nitrogen and oxygen atoms in total. The highest BCUT2D eigenvalue weighted by Gasteiger charge is 2.28. The maximum Gasteiger partial charge on any atom is 0.264 e. The van der Waals surface area contributed by atoms with Crippen molar-refractivity contribution in [3.8, 4) is 92.5 Å². The Hall–Kier alpha value is -13.9. The second-order valence-corrected chi connectivity index (χ2v) is 37.0. The van der Waals surface area contributed by atoms with E-state index in [0.717, 1.165) is 28.6 Å². The van der Waals surface area contributed by atoms with E-state index in [1.807, 2.05) is 42.5 Å². The molecule has 0 saturated carbocycles. The molecule has 0 unspecified atom stereocenters. The molecule has 0 aliphatic heterocycles. The van der Waals surface area contributed by atoms with E-state index in [4.69, 9.17) is 73.6 Å². The van der Waals surface area contributed by atoms with E-state index in [2.05, 4.69) is 42.5 Å². The van der Waals surface area contributed by atoms with Gasteiger partial charge in [-0.25, -0.2) is 28.7 Å². The number of hydrogen-bond acceptors (Lipinski definition) is 32. The number of benzene rings is 8. The third-order valence-corrected chi connectivity index (χ3v) is 21.8. The Morgan fingerprint density at radius 1 is 0.295 bits per heavy atom. The van der Waals surface area contributed by atoms with Crippen molar-refractivity contribution in [2.24, 2.45) is 0 Å². The minimum Gasteiger partial charge on any atom is -0.497 e. The minimum atomic E-state index is -3.60. The smallest absolute Gasteiger partial charge is 0.264 e. The molecule has 4 amide bonds. The molecule has 0 aliphatic carbocycles. The Labute approximate surface area is 818 Å². The molecule has 4 aromatic heterocycles. The van der Waals surface area contributed by atoms with Crippen LogP contribution in [-0.2, 0) is 103 Å². The zero-order valence-corrected chi connectivity index (χ0v) is 82.9. The number of hydrogen-bond donors (Lipinski definition) is 0. The molecule has 43 heteroatoms. The lowest BCUT2D eigenvalue weighted by atomic mass is 10.1. The number of aromatic nitrogens is 4. The van der Waals surface area contributed by atoms with Crippen LogP contribution in [-0.4, -0.2) is 184 Å². The molecular formula is C96H101F2IN8O28S4. The zero-order valence-electron chi connectivity index (χ0n) is 77.4. The lowest BCUT2D eigenvalue weighted by molar-refractivity contribution is -0.117. The Bertz CT molecular complexity index is 6420. The fraction of sp³-hybridized carbons (Fsp3) is 0.250. The van der Waals surface area contributed by atoms with E-state index >= 15 is 0 Å². The highest BCUT2D eigenvalue weighted by molar-refractivity contribution is 14.1. The quantitative estimate of drug-likeness (QED) is 0.0194. The van der Waals surface area contributed by atoms with Crippen molar-refractivity contribution in [2.45, 2.75) is 53.9 Å². The maximum atomic E-state index is 14.2. The topological polar surface area (TPSA) is 417 Å². The number of para-hydroxylation sites is 2. The van der Waals surface area contributed by atoms with Crippen molar-refractivity contribution < 1.29 is 135 Å². The van der Waals surface area contributed by atoms with Crippen molar-refractivity contribution in [3.05, 3.63) is 287 Å². The Kier molecular flexibility index (Phi) is 41.6. The van der Waals surface area contributed by atoms with Crippen LogP contribution in [0, 0.1) is 15.2 Å². The number of pyridine rings is 4. The van der Waals surface area contributed by atoms with E-state index in [-0.39, 0.29) is 132 Å². The summed E-state index contributed by atoms with van der Waals surface area (Å²) < 4.78 is 204. The van der Waals surface area contributed by atoms with Gasteiger partial charge in [0.15, 0.2) is 11.6 Å². The van der Waals surface area contributed by atoms with Gasteiger partial charge in [-0.1, -0.05) is 30.3 Å². The van der Waals surface area contributed by atoms with Crippen molar-refractivity contribution >= 4 is 109 Å². The second-order valence-electron chi connectivity index (χ2n) is 29.2. The number of nitrogens with zero attached hydrogens (tertiary/aromatic N) is 8. The Balaban J connectivity index is 0.000000207. The molecule has 0 bridgehead atoms. The van der Waals surface area contributed by atoms with Gasteiger partial charge in [-0.15, -0.1) is 0 Å². The average molecular weight is 2110 g/mol. The fourth-order valence-corrected chi connectivity index (χ4v) is 14.3. The number of carbonyl (C=O) groups excluding carboxylic acids is 4. The van der Waals surface area contributed by atoms with Gasteiger partial charge in [0.2, 0.25) is 47.1 Å². The van der Waals surface area contributed by atoms with Crippen molar-refractivity contribution in [2.75, 3.05) is 126 Å². The van der Waals surface area contributed by atoms with Crippen LogP contribution in [0.1, 0.15) is 49.9 Å².